The zero-order valence-electron chi connectivity index (χ0n) is 15.4. The van der Waals surface area contributed by atoms with Crippen molar-refractivity contribution < 1.29 is 14.3 Å². The van der Waals surface area contributed by atoms with E-state index < -0.39 is 0 Å². The van der Waals surface area contributed by atoms with E-state index in [0.29, 0.717) is 35.4 Å². The van der Waals surface area contributed by atoms with Gasteiger partial charge in [0.1, 0.15) is 11.9 Å². The molecule has 1 aromatic heterocycles. The highest BCUT2D eigenvalue weighted by Crippen LogP contribution is 2.28. The average molecular weight is 398 g/mol. The van der Waals surface area contributed by atoms with E-state index >= 15 is 0 Å². The van der Waals surface area contributed by atoms with Crippen molar-refractivity contribution in [3.63, 3.8) is 0 Å². The Labute approximate surface area is 168 Å². The Morgan fingerprint density at radius 2 is 2.07 bits per heavy atom. The molecule has 1 N–H and O–H groups in total. The molecule has 1 aliphatic rings. The fraction of sp³-hybridized carbons (Fsp3) is 0.238. The largest absolute Gasteiger partial charge is 0.495 e. The highest BCUT2D eigenvalue weighted by atomic mass is 35.5. The first kappa shape index (κ1) is 18.4. The number of urea groups is 1. The van der Waals surface area contributed by atoms with Crippen molar-refractivity contribution >= 4 is 34.2 Å². The molecule has 144 valence electrons. The van der Waals surface area contributed by atoms with Gasteiger partial charge in [0, 0.05) is 29.4 Å². The first-order valence-corrected chi connectivity index (χ1v) is 9.42. The second-order valence-corrected chi connectivity index (χ2v) is 7.03. The highest BCUT2D eigenvalue weighted by molar-refractivity contribution is 6.31. The van der Waals surface area contributed by atoms with E-state index in [2.05, 4.69) is 10.3 Å². The summed E-state index contributed by atoms with van der Waals surface area (Å²) in [5.41, 5.74) is 1.43. The van der Waals surface area contributed by atoms with Crippen LogP contribution in [0.4, 0.5) is 10.5 Å². The lowest BCUT2D eigenvalue weighted by atomic mass is 10.2. The van der Waals surface area contributed by atoms with Gasteiger partial charge in [-0.15, -0.1) is 0 Å². The van der Waals surface area contributed by atoms with Crippen molar-refractivity contribution in [3.05, 3.63) is 59.6 Å². The summed E-state index contributed by atoms with van der Waals surface area (Å²) in [6, 6.07) is 16.6. The SMILES string of the molecule is COc1ccc(Cl)cc1NC(=O)N1CCC(Oc2ccc3ccccc3n2)C1. The van der Waals surface area contributed by atoms with Crippen molar-refractivity contribution in [2.24, 2.45) is 0 Å². The second-order valence-electron chi connectivity index (χ2n) is 6.59. The van der Waals surface area contributed by atoms with Crippen LogP contribution in [0.5, 0.6) is 11.6 Å². The molecule has 7 heteroatoms. The first-order chi connectivity index (χ1) is 13.6. The Morgan fingerprint density at radius 3 is 2.93 bits per heavy atom. The number of para-hydroxylation sites is 1. The number of carbonyl (C=O) groups excluding carboxylic acids is 1. The summed E-state index contributed by atoms with van der Waals surface area (Å²) in [6.45, 7) is 1.09. The number of nitrogens with one attached hydrogen (secondary N) is 1. The molecule has 1 unspecified atom stereocenters. The number of likely N-dealkylation sites (tertiary alicyclic amines) is 1. The van der Waals surface area contributed by atoms with Gasteiger partial charge in [-0.05, 0) is 30.3 Å². The summed E-state index contributed by atoms with van der Waals surface area (Å²) in [4.78, 5) is 18.9. The topological polar surface area (TPSA) is 63.7 Å². The maximum absolute atomic E-state index is 12.6. The zero-order valence-corrected chi connectivity index (χ0v) is 16.1. The third-order valence-corrected chi connectivity index (χ3v) is 4.93. The van der Waals surface area contributed by atoms with Gasteiger partial charge in [-0.1, -0.05) is 29.8 Å². The van der Waals surface area contributed by atoms with Crippen LogP contribution in [-0.2, 0) is 0 Å². The predicted molar refractivity (Wildman–Crippen MR) is 109 cm³/mol. The second kappa shape index (κ2) is 7.94. The number of pyridine rings is 1. The lowest BCUT2D eigenvalue weighted by Crippen LogP contribution is -2.34. The van der Waals surface area contributed by atoms with Crippen LogP contribution in [0.1, 0.15) is 6.42 Å². The summed E-state index contributed by atoms with van der Waals surface area (Å²) in [5.74, 6) is 1.13. The molecule has 1 saturated heterocycles. The fourth-order valence-electron chi connectivity index (χ4n) is 3.26. The first-order valence-electron chi connectivity index (χ1n) is 9.04. The highest BCUT2D eigenvalue weighted by Gasteiger charge is 2.28. The van der Waals surface area contributed by atoms with Gasteiger partial charge in [0.15, 0.2) is 0 Å². The zero-order chi connectivity index (χ0) is 19.5. The van der Waals surface area contributed by atoms with Gasteiger partial charge in [-0.3, -0.25) is 0 Å². The third kappa shape index (κ3) is 3.97. The summed E-state index contributed by atoms with van der Waals surface area (Å²) >= 11 is 6.02. The number of methoxy groups -OCH3 is 1. The van der Waals surface area contributed by atoms with Gasteiger partial charge in [-0.2, -0.15) is 0 Å². The van der Waals surface area contributed by atoms with Gasteiger partial charge < -0.3 is 19.7 Å². The summed E-state index contributed by atoms with van der Waals surface area (Å²) < 4.78 is 11.3. The smallest absolute Gasteiger partial charge is 0.322 e. The molecule has 0 spiro atoms. The Balaban J connectivity index is 1.39. The lowest BCUT2D eigenvalue weighted by Gasteiger charge is -2.19. The number of fused-ring (bicyclic) bond motifs is 1. The van der Waals surface area contributed by atoms with Crippen LogP contribution in [0.15, 0.2) is 54.6 Å². The van der Waals surface area contributed by atoms with Gasteiger partial charge in [-0.25, -0.2) is 9.78 Å². The minimum absolute atomic E-state index is 0.0966. The van der Waals surface area contributed by atoms with Gasteiger partial charge in [0.2, 0.25) is 5.88 Å². The van der Waals surface area contributed by atoms with Crippen LogP contribution in [0, 0.1) is 0 Å². The Kier molecular flexibility index (Phi) is 5.21. The molecule has 1 atom stereocenters. The quantitative estimate of drug-likeness (QED) is 0.699. The summed E-state index contributed by atoms with van der Waals surface area (Å²) in [5, 5.41) is 4.46. The number of halogens is 1. The average Bonchev–Trinajstić information content (AvgIpc) is 3.17. The van der Waals surface area contributed by atoms with E-state index in [9.17, 15) is 4.79 Å². The predicted octanol–water partition coefficient (Wildman–Crippen LogP) is 4.58. The number of ether oxygens (including phenoxy) is 2. The van der Waals surface area contributed by atoms with Crippen molar-refractivity contribution in [1.29, 1.82) is 0 Å². The maximum Gasteiger partial charge on any atom is 0.322 e. The Hall–Kier alpha value is -2.99. The molecule has 2 heterocycles. The lowest BCUT2D eigenvalue weighted by molar-refractivity contribution is 0.190. The number of rotatable bonds is 4. The van der Waals surface area contributed by atoms with E-state index in [1.165, 1.54) is 0 Å². The van der Waals surface area contributed by atoms with E-state index in [1.807, 2.05) is 36.4 Å². The van der Waals surface area contributed by atoms with Crippen LogP contribution in [0.2, 0.25) is 5.02 Å². The van der Waals surface area contributed by atoms with Crippen LogP contribution < -0.4 is 14.8 Å². The van der Waals surface area contributed by atoms with Crippen LogP contribution in [0.3, 0.4) is 0 Å². The number of aromatic nitrogens is 1. The molecule has 2 aromatic carbocycles. The molecule has 6 nitrogen and oxygen atoms in total. The molecule has 1 aliphatic heterocycles. The number of hydrogen-bond donors (Lipinski definition) is 1. The number of carbonyl (C=O) groups is 1. The molecule has 28 heavy (non-hydrogen) atoms. The van der Waals surface area contributed by atoms with E-state index in [4.69, 9.17) is 21.1 Å². The molecule has 0 bridgehead atoms. The molecular formula is C21H20ClN3O3. The van der Waals surface area contributed by atoms with Crippen molar-refractivity contribution in [3.8, 4) is 11.6 Å². The normalized spacial score (nSPS) is 16.2. The number of benzene rings is 2. The summed E-state index contributed by atoms with van der Waals surface area (Å²) in [6.07, 6.45) is 0.648. The third-order valence-electron chi connectivity index (χ3n) is 4.70. The van der Waals surface area contributed by atoms with E-state index in [0.717, 1.165) is 17.3 Å². The number of nitrogens with zero attached hydrogens (tertiary/aromatic N) is 2. The van der Waals surface area contributed by atoms with Crippen molar-refractivity contribution in [1.82, 2.24) is 9.88 Å². The monoisotopic (exact) mass is 397 g/mol. The Morgan fingerprint density at radius 1 is 1.21 bits per heavy atom. The number of hydrogen-bond acceptors (Lipinski definition) is 4. The number of amides is 2. The van der Waals surface area contributed by atoms with Gasteiger partial charge >= 0.3 is 6.03 Å². The van der Waals surface area contributed by atoms with E-state index in [1.54, 1.807) is 30.2 Å². The maximum atomic E-state index is 12.6. The molecular weight excluding hydrogens is 378 g/mol. The minimum atomic E-state index is -0.210. The van der Waals surface area contributed by atoms with Gasteiger partial charge in [0.25, 0.3) is 0 Å². The molecule has 0 saturated carbocycles. The summed E-state index contributed by atoms with van der Waals surface area (Å²) in [7, 11) is 1.55. The van der Waals surface area contributed by atoms with Crippen LogP contribution in [-0.4, -0.2) is 42.2 Å². The molecule has 4 rings (SSSR count). The standard InChI is InChI=1S/C21H20ClN3O3/c1-27-19-8-7-15(22)12-18(19)24-21(26)25-11-10-16(13-25)28-20-9-6-14-4-2-3-5-17(14)23-20/h2-9,12,16H,10-11,13H2,1H3,(H,24,26). The molecule has 1 fully saturated rings. The van der Waals surface area contributed by atoms with Crippen molar-refractivity contribution in [2.45, 2.75) is 12.5 Å². The van der Waals surface area contributed by atoms with E-state index in [-0.39, 0.29) is 12.1 Å². The number of anilines is 1. The minimum Gasteiger partial charge on any atom is -0.495 e. The van der Waals surface area contributed by atoms with Gasteiger partial charge in [0.05, 0.1) is 24.9 Å². The fourth-order valence-corrected chi connectivity index (χ4v) is 3.44. The molecule has 3 aromatic rings. The van der Waals surface area contributed by atoms with Crippen molar-refractivity contribution in [2.75, 3.05) is 25.5 Å². The Bertz CT molecular complexity index is 1010. The molecule has 0 aliphatic carbocycles. The molecule has 2 amide bonds. The van der Waals surface area contributed by atoms with Crippen LogP contribution >= 0.6 is 11.6 Å². The van der Waals surface area contributed by atoms with Crippen LogP contribution in [0.25, 0.3) is 10.9 Å². The molecule has 0 radical (unpaired) electrons.